The largest absolute Gasteiger partial charge is 0.493 e. The highest BCUT2D eigenvalue weighted by Gasteiger charge is 2.31. The van der Waals surface area contributed by atoms with Crippen LogP contribution in [0.4, 0.5) is 0 Å². The quantitative estimate of drug-likeness (QED) is 0.855. The summed E-state index contributed by atoms with van der Waals surface area (Å²) in [6.07, 6.45) is 2.55. The van der Waals surface area contributed by atoms with Crippen LogP contribution in [0.5, 0.6) is 5.75 Å². The number of furan rings is 1. The number of hydrogen-bond donors (Lipinski definition) is 0. The third-order valence-corrected chi connectivity index (χ3v) is 4.70. The van der Waals surface area contributed by atoms with Crippen molar-refractivity contribution < 1.29 is 13.9 Å². The molecule has 0 aliphatic carbocycles. The average Bonchev–Trinajstić information content (AvgIpc) is 3.15. The van der Waals surface area contributed by atoms with E-state index in [0.29, 0.717) is 11.8 Å². The molecule has 1 fully saturated rings. The molecule has 5 nitrogen and oxygen atoms in total. The summed E-state index contributed by atoms with van der Waals surface area (Å²) < 4.78 is 11.0. The lowest BCUT2D eigenvalue weighted by Crippen LogP contribution is -2.50. The number of carbonyl (C=O) groups is 1. The van der Waals surface area contributed by atoms with E-state index in [1.165, 1.54) is 5.56 Å². The van der Waals surface area contributed by atoms with Gasteiger partial charge in [0.2, 0.25) is 0 Å². The molecule has 4 rings (SSSR count). The number of hydrogen-bond acceptors (Lipinski definition) is 4. The van der Waals surface area contributed by atoms with Crippen molar-refractivity contribution >= 4 is 5.91 Å². The number of piperazine rings is 1. The summed E-state index contributed by atoms with van der Waals surface area (Å²) in [5.41, 5.74) is 1.27. The van der Waals surface area contributed by atoms with Gasteiger partial charge in [-0.25, -0.2) is 0 Å². The second-order valence-electron chi connectivity index (χ2n) is 6.00. The molecule has 1 unspecified atom stereocenters. The summed E-state index contributed by atoms with van der Waals surface area (Å²) in [5.74, 6) is 1.41. The van der Waals surface area contributed by atoms with Crippen LogP contribution in [0, 0.1) is 0 Å². The fourth-order valence-corrected chi connectivity index (χ4v) is 3.50. The van der Waals surface area contributed by atoms with E-state index < -0.39 is 0 Å². The second-order valence-corrected chi connectivity index (χ2v) is 6.00. The van der Waals surface area contributed by atoms with E-state index in [1.54, 1.807) is 18.4 Å². The third-order valence-electron chi connectivity index (χ3n) is 4.70. The molecule has 0 spiro atoms. The lowest BCUT2D eigenvalue weighted by Gasteiger charge is -2.41. The molecule has 5 heteroatoms. The van der Waals surface area contributed by atoms with E-state index >= 15 is 0 Å². The van der Waals surface area contributed by atoms with Crippen molar-refractivity contribution in [1.82, 2.24) is 9.80 Å². The van der Waals surface area contributed by atoms with E-state index in [2.05, 4.69) is 17.0 Å². The maximum Gasteiger partial charge on any atom is 0.289 e. The molecule has 2 aromatic rings. The van der Waals surface area contributed by atoms with Gasteiger partial charge in [0.1, 0.15) is 5.75 Å². The summed E-state index contributed by atoms with van der Waals surface area (Å²) in [5, 5.41) is 0. The topological polar surface area (TPSA) is 45.9 Å². The van der Waals surface area contributed by atoms with Crippen molar-refractivity contribution in [2.24, 2.45) is 0 Å². The van der Waals surface area contributed by atoms with Gasteiger partial charge >= 0.3 is 0 Å². The highest BCUT2D eigenvalue weighted by Crippen LogP contribution is 2.36. The van der Waals surface area contributed by atoms with Crippen LogP contribution in [0.3, 0.4) is 0 Å². The summed E-state index contributed by atoms with van der Waals surface area (Å²) in [7, 11) is 0. The van der Waals surface area contributed by atoms with Crippen molar-refractivity contribution in [3.63, 3.8) is 0 Å². The first-order chi connectivity index (χ1) is 11.3. The van der Waals surface area contributed by atoms with E-state index in [1.807, 2.05) is 17.0 Å². The van der Waals surface area contributed by atoms with Gasteiger partial charge in [0.05, 0.1) is 12.9 Å². The van der Waals surface area contributed by atoms with E-state index in [4.69, 9.17) is 9.15 Å². The van der Waals surface area contributed by atoms with Crippen LogP contribution in [0.2, 0.25) is 0 Å². The maximum atomic E-state index is 12.3. The number of ether oxygens (including phenoxy) is 1. The number of carbonyl (C=O) groups excluding carboxylic acids is 1. The summed E-state index contributed by atoms with van der Waals surface area (Å²) in [6, 6.07) is 12.1. The SMILES string of the molecule is O=C(c1ccco1)N1CCN(C2CCOc3ccccc32)CC1. The monoisotopic (exact) mass is 312 g/mol. The first-order valence-electron chi connectivity index (χ1n) is 8.11. The number of benzene rings is 1. The summed E-state index contributed by atoms with van der Waals surface area (Å²) in [6.45, 7) is 3.99. The van der Waals surface area contributed by atoms with Gasteiger partial charge in [-0.05, 0) is 18.2 Å². The molecule has 0 N–H and O–H groups in total. The van der Waals surface area contributed by atoms with Crippen LogP contribution in [0.1, 0.15) is 28.6 Å². The molecule has 23 heavy (non-hydrogen) atoms. The summed E-state index contributed by atoms with van der Waals surface area (Å²) >= 11 is 0. The van der Waals surface area contributed by atoms with Gasteiger partial charge in [0.15, 0.2) is 5.76 Å². The molecule has 1 aromatic carbocycles. The third kappa shape index (κ3) is 2.72. The van der Waals surface area contributed by atoms with Crippen LogP contribution in [-0.2, 0) is 0 Å². The Labute approximate surface area is 135 Å². The maximum absolute atomic E-state index is 12.3. The molecule has 1 aromatic heterocycles. The molecule has 120 valence electrons. The molecule has 0 saturated carbocycles. The molecule has 3 heterocycles. The molecule has 1 atom stereocenters. The first kappa shape index (κ1) is 14.3. The minimum absolute atomic E-state index is 0.0120. The van der Waals surface area contributed by atoms with E-state index in [0.717, 1.165) is 45.0 Å². The number of fused-ring (bicyclic) bond motifs is 1. The number of para-hydroxylation sites is 1. The van der Waals surface area contributed by atoms with Crippen LogP contribution in [-0.4, -0.2) is 48.5 Å². The fourth-order valence-electron chi connectivity index (χ4n) is 3.50. The first-order valence-corrected chi connectivity index (χ1v) is 8.11. The van der Waals surface area contributed by atoms with Gasteiger partial charge in [-0.15, -0.1) is 0 Å². The molecule has 1 amide bonds. The fraction of sp³-hybridized carbons (Fsp3) is 0.389. The standard InChI is InChI=1S/C18H20N2O3/c21-18(17-6-3-12-22-17)20-10-8-19(9-11-20)15-7-13-23-16-5-2-1-4-14(15)16/h1-6,12,15H,7-11,13H2. The predicted molar refractivity (Wildman–Crippen MR) is 85.5 cm³/mol. The van der Waals surface area contributed by atoms with E-state index in [9.17, 15) is 4.79 Å². The molecule has 1 saturated heterocycles. The van der Waals surface area contributed by atoms with Crippen molar-refractivity contribution in [2.45, 2.75) is 12.5 Å². The Kier molecular flexibility index (Phi) is 3.79. The average molecular weight is 312 g/mol. The van der Waals surface area contributed by atoms with Gasteiger partial charge in [-0.3, -0.25) is 9.69 Å². The Hall–Kier alpha value is -2.27. The highest BCUT2D eigenvalue weighted by molar-refractivity contribution is 5.91. The lowest BCUT2D eigenvalue weighted by atomic mass is 9.98. The van der Waals surface area contributed by atoms with Gasteiger partial charge in [-0.1, -0.05) is 18.2 Å². The van der Waals surface area contributed by atoms with Crippen LogP contribution in [0.25, 0.3) is 0 Å². The molecule has 2 aliphatic heterocycles. The highest BCUT2D eigenvalue weighted by atomic mass is 16.5. The number of nitrogens with zero attached hydrogens (tertiary/aromatic N) is 2. The van der Waals surface area contributed by atoms with Crippen molar-refractivity contribution in [2.75, 3.05) is 32.8 Å². The van der Waals surface area contributed by atoms with Gasteiger partial charge in [0, 0.05) is 44.2 Å². The second kappa shape index (κ2) is 6.08. The molecule has 0 bridgehead atoms. The Morgan fingerprint density at radius 3 is 2.65 bits per heavy atom. The van der Waals surface area contributed by atoms with Crippen LogP contribution >= 0.6 is 0 Å². The van der Waals surface area contributed by atoms with Crippen molar-refractivity contribution in [1.29, 1.82) is 0 Å². The zero-order chi connectivity index (χ0) is 15.6. The zero-order valence-electron chi connectivity index (χ0n) is 13.0. The van der Waals surface area contributed by atoms with Gasteiger partial charge < -0.3 is 14.1 Å². The molecular formula is C18H20N2O3. The van der Waals surface area contributed by atoms with Crippen LogP contribution < -0.4 is 4.74 Å². The Bertz CT molecular complexity index is 675. The lowest BCUT2D eigenvalue weighted by molar-refractivity contribution is 0.0485. The molecule has 2 aliphatic rings. The van der Waals surface area contributed by atoms with Crippen molar-refractivity contribution in [3.8, 4) is 5.75 Å². The van der Waals surface area contributed by atoms with Gasteiger partial charge in [-0.2, -0.15) is 0 Å². The molecule has 0 radical (unpaired) electrons. The van der Waals surface area contributed by atoms with E-state index in [-0.39, 0.29) is 5.91 Å². The molecular weight excluding hydrogens is 292 g/mol. The summed E-state index contributed by atoms with van der Waals surface area (Å²) in [4.78, 5) is 16.7. The normalized spacial score (nSPS) is 21.6. The Balaban J connectivity index is 1.43. The minimum atomic E-state index is -0.0120. The smallest absolute Gasteiger partial charge is 0.289 e. The number of amides is 1. The Morgan fingerprint density at radius 2 is 1.87 bits per heavy atom. The Morgan fingerprint density at radius 1 is 1.04 bits per heavy atom. The van der Waals surface area contributed by atoms with Crippen molar-refractivity contribution in [3.05, 3.63) is 54.0 Å². The van der Waals surface area contributed by atoms with Gasteiger partial charge in [0.25, 0.3) is 5.91 Å². The zero-order valence-corrected chi connectivity index (χ0v) is 13.0. The minimum Gasteiger partial charge on any atom is -0.493 e. The van der Waals surface area contributed by atoms with Crippen LogP contribution in [0.15, 0.2) is 47.1 Å². The predicted octanol–water partition coefficient (Wildman–Crippen LogP) is 2.56. The number of rotatable bonds is 2.